The molecule has 132 valence electrons. The van der Waals surface area contributed by atoms with Gasteiger partial charge < -0.3 is 5.32 Å². The quantitative estimate of drug-likeness (QED) is 0.858. The summed E-state index contributed by atoms with van der Waals surface area (Å²) in [6.07, 6.45) is 4.90. The lowest BCUT2D eigenvalue weighted by atomic mass is 9.95. The average Bonchev–Trinajstić information content (AvgIpc) is 3.18. The summed E-state index contributed by atoms with van der Waals surface area (Å²) in [4.78, 5) is 12.4. The Morgan fingerprint density at radius 1 is 1.17 bits per heavy atom. The Morgan fingerprint density at radius 3 is 2.38 bits per heavy atom. The smallest absolute Gasteiger partial charge is 0.251 e. The molecule has 2 aliphatic rings. The molecule has 2 fully saturated rings. The molecule has 6 heteroatoms. The molecule has 2 saturated carbocycles. The molecule has 3 atom stereocenters. The summed E-state index contributed by atoms with van der Waals surface area (Å²) >= 11 is 0. The third-order valence-electron chi connectivity index (χ3n) is 5.46. The first kappa shape index (κ1) is 17.3. The van der Waals surface area contributed by atoms with Crippen molar-refractivity contribution in [3.05, 3.63) is 29.8 Å². The van der Waals surface area contributed by atoms with E-state index in [9.17, 15) is 13.2 Å². The third-order valence-corrected chi connectivity index (χ3v) is 7.33. The van der Waals surface area contributed by atoms with Crippen LogP contribution in [0.15, 0.2) is 24.3 Å². The molecular weight excluding hydrogens is 324 g/mol. The van der Waals surface area contributed by atoms with Crippen LogP contribution in [0.1, 0.15) is 49.9 Å². The molecule has 1 aromatic carbocycles. The van der Waals surface area contributed by atoms with Crippen molar-refractivity contribution in [3.63, 3.8) is 0 Å². The number of carbonyl (C=O) groups is 1. The predicted octanol–water partition coefficient (Wildman–Crippen LogP) is 2.78. The maximum absolute atomic E-state index is 12.4. The fraction of sp³-hybridized carbons (Fsp3) is 0.611. The number of rotatable bonds is 6. The zero-order valence-corrected chi connectivity index (χ0v) is 15.2. The van der Waals surface area contributed by atoms with E-state index in [4.69, 9.17) is 0 Å². The summed E-state index contributed by atoms with van der Waals surface area (Å²) in [6.45, 7) is 3.82. The van der Waals surface area contributed by atoms with Crippen molar-refractivity contribution < 1.29 is 13.2 Å². The SMILES string of the molecule is CCN(c1ccc(C(=O)NC2CC3CCC2C3)cc1)S(=O)(=O)CC. The first-order valence-electron chi connectivity index (χ1n) is 8.86. The summed E-state index contributed by atoms with van der Waals surface area (Å²) in [5.41, 5.74) is 1.20. The molecule has 2 aliphatic carbocycles. The summed E-state index contributed by atoms with van der Waals surface area (Å²) < 4.78 is 25.6. The van der Waals surface area contributed by atoms with E-state index < -0.39 is 10.0 Å². The van der Waals surface area contributed by atoms with Crippen LogP contribution in [-0.4, -0.2) is 32.7 Å². The molecule has 0 saturated heterocycles. The second-order valence-electron chi connectivity index (χ2n) is 6.87. The van der Waals surface area contributed by atoms with Crippen LogP contribution in [0.2, 0.25) is 0 Å². The van der Waals surface area contributed by atoms with Gasteiger partial charge in [0.25, 0.3) is 5.91 Å². The van der Waals surface area contributed by atoms with Crippen LogP contribution < -0.4 is 9.62 Å². The highest BCUT2D eigenvalue weighted by Gasteiger charge is 2.40. The minimum Gasteiger partial charge on any atom is -0.349 e. The number of fused-ring (bicyclic) bond motifs is 2. The maximum Gasteiger partial charge on any atom is 0.251 e. The highest BCUT2D eigenvalue weighted by molar-refractivity contribution is 7.92. The molecule has 0 radical (unpaired) electrons. The number of hydrogen-bond donors (Lipinski definition) is 1. The van der Waals surface area contributed by atoms with Crippen LogP contribution >= 0.6 is 0 Å². The molecule has 24 heavy (non-hydrogen) atoms. The van der Waals surface area contributed by atoms with E-state index in [0.29, 0.717) is 29.8 Å². The molecule has 0 aromatic heterocycles. The van der Waals surface area contributed by atoms with Crippen LogP contribution in [0.3, 0.4) is 0 Å². The number of hydrogen-bond acceptors (Lipinski definition) is 3. The molecule has 1 amide bonds. The van der Waals surface area contributed by atoms with E-state index in [-0.39, 0.29) is 11.7 Å². The van der Waals surface area contributed by atoms with Crippen molar-refractivity contribution in [2.24, 2.45) is 11.8 Å². The van der Waals surface area contributed by atoms with Gasteiger partial charge in [0, 0.05) is 18.2 Å². The second kappa shape index (κ2) is 6.75. The van der Waals surface area contributed by atoms with Crippen molar-refractivity contribution >= 4 is 21.6 Å². The molecule has 3 unspecified atom stereocenters. The van der Waals surface area contributed by atoms with Gasteiger partial charge in [-0.3, -0.25) is 9.10 Å². The number of carbonyl (C=O) groups excluding carboxylic acids is 1. The van der Waals surface area contributed by atoms with Crippen LogP contribution in [0.5, 0.6) is 0 Å². The number of anilines is 1. The lowest BCUT2D eigenvalue weighted by Crippen LogP contribution is -2.38. The Hall–Kier alpha value is -1.56. The summed E-state index contributed by atoms with van der Waals surface area (Å²) in [5.74, 6) is 1.44. The Bertz CT molecular complexity index is 699. The molecule has 5 nitrogen and oxygen atoms in total. The number of amides is 1. The standard InChI is InChI=1S/C18H26N2O3S/c1-3-20(24(22,23)4-2)16-9-7-14(8-10-16)18(21)19-17-12-13-5-6-15(17)11-13/h7-10,13,15,17H,3-6,11-12H2,1-2H3,(H,19,21). The van der Waals surface area contributed by atoms with Gasteiger partial charge >= 0.3 is 0 Å². The van der Waals surface area contributed by atoms with Gasteiger partial charge in [0.05, 0.1) is 11.4 Å². The van der Waals surface area contributed by atoms with Crippen LogP contribution in [0.4, 0.5) is 5.69 Å². The first-order valence-corrected chi connectivity index (χ1v) is 10.5. The van der Waals surface area contributed by atoms with E-state index in [1.165, 1.54) is 23.6 Å². The van der Waals surface area contributed by atoms with Crippen molar-refractivity contribution in [2.75, 3.05) is 16.6 Å². The monoisotopic (exact) mass is 350 g/mol. The predicted molar refractivity (Wildman–Crippen MR) is 95.6 cm³/mol. The normalized spacial score (nSPS) is 25.7. The lowest BCUT2D eigenvalue weighted by Gasteiger charge is -2.24. The Labute approximate surface area is 144 Å². The molecule has 1 N–H and O–H groups in total. The number of sulfonamides is 1. The average molecular weight is 350 g/mol. The van der Waals surface area contributed by atoms with Crippen LogP contribution in [-0.2, 0) is 10.0 Å². The topological polar surface area (TPSA) is 66.5 Å². The summed E-state index contributed by atoms with van der Waals surface area (Å²) in [6, 6.07) is 7.17. The van der Waals surface area contributed by atoms with E-state index in [1.54, 1.807) is 31.2 Å². The molecule has 0 aliphatic heterocycles. The number of nitrogens with zero attached hydrogens (tertiary/aromatic N) is 1. The molecular formula is C18H26N2O3S. The van der Waals surface area contributed by atoms with Crippen LogP contribution in [0, 0.1) is 11.8 Å². The van der Waals surface area contributed by atoms with Crippen molar-refractivity contribution in [3.8, 4) is 0 Å². The van der Waals surface area contributed by atoms with E-state index in [1.807, 2.05) is 6.92 Å². The van der Waals surface area contributed by atoms with Gasteiger partial charge in [-0.15, -0.1) is 0 Å². The summed E-state index contributed by atoms with van der Waals surface area (Å²) in [7, 11) is -3.29. The lowest BCUT2D eigenvalue weighted by molar-refractivity contribution is 0.0923. The largest absolute Gasteiger partial charge is 0.349 e. The molecule has 1 aromatic rings. The Kier molecular flexibility index (Phi) is 4.85. The van der Waals surface area contributed by atoms with Crippen molar-refractivity contribution in [1.29, 1.82) is 0 Å². The first-order chi connectivity index (χ1) is 11.4. The van der Waals surface area contributed by atoms with Crippen LogP contribution in [0.25, 0.3) is 0 Å². The van der Waals surface area contributed by atoms with Gasteiger partial charge in [-0.05, 0) is 69.2 Å². The van der Waals surface area contributed by atoms with E-state index in [0.717, 1.165) is 12.3 Å². The third kappa shape index (κ3) is 3.29. The molecule has 0 spiro atoms. The zero-order chi connectivity index (χ0) is 17.3. The van der Waals surface area contributed by atoms with Gasteiger partial charge in [-0.2, -0.15) is 0 Å². The highest BCUT2D eigenvalue weighted by Crippen LogP contribution is 2.44. The minimum atomic E-state index is -3.29. The molecule has 2 bridgehead atoms. The highest BCUT2D eigenvalue weighted by atomic mass is 32.2. The van der Waals surface area contributed by atoms with Gasteiger partial charge in [0.15, 0.2) is 0 Å². The Morgan fingerprint density at radius 2 is 1.88 bits per heavy atom. The van der Waals surface area contributed by atoms with Gasteiger partial charge in [0.2, 0.25) is 10.0 Å². The fourth-order valence-electron chi connectivity index (χ4n) is 4.15. The Balaban J connectivity index is 1.68. The number of benzene rings is 1. The second-order valence-corrected chi connectivity index (χ2v) is 9.05. The zero-order valence-electron chi connectivity index (χ0n) is 14.4. The molecule has 3 rings (SSSR count). The van der Waals surface area contributed by atoms with E-state index in [2.05, 4.69) is 5.32 Å². The minimum absolute atomic E-state index is 0.0551. The van der Waals surface area contributed by atoms with Gasteiger partial charge in [0.1, 0.15) is 0 Å². The van der Waals surface area contributed by atoms with E-state index >= 15 is 0 Å². The fourth-order valence-corrected chi connectivity index (χ4v) is 5.30. The number of nitrogens with one attached hydrogen (secondary N) is 1. The van der Waals surface area contributed by atoms with Crippen molar-refractivity contribution in [2.45, 2.75) is 45.6 Å². The van der Waals surface area contributed by atoms with Gasteiger partial charge in [-0.25, -0.2) is 8.42 Å². The maximum atomic E-state index is 12.4. The summed E-state index contributed by atoms with van der Waals surface area (Å²) in [5, 5.41) is 3.16. The van der Waals surface area contributed by atoms with Gasteiger partial charge in [-0.1, -0.05) is 6.42 Å². The molecule has 0 heterocycles. The van der Waals surface area contributed by atoms with Crippen molar-refractivity contribution in [1.82, 2.24) is 5.32 Å².